The first kappa shape index (κ1) is 11.8. The van der Waals surface area contributed by atoms with Crippen LogP contribution in [0.5, 0.6) is 0 Å². The predicted molar refractivity (Wildman–Crippen MR) is 61.0 cm³/mol. The molecule has 1 heterocycles. The number of nitrogens with zero attached hydrogens (tertiary/aromatic N) is 1. The van der Waals surface area contributed by atoms with Crippen LogP contribution in [0.3, 0.4) is 0 Å². The normalized spacial score (nSPS) is 10.0. The highest BCUT2D eigenvalue weighted by Gasteiger charge is 2.13. The molecule has 82 valence electrons. The molecule has 0 atom stereocenters. The molecule has 4 nitrogen and oxygen atoms in total. The maximum Gasteiger partial charge on any atom is 0.340 e. The van der Waals surface area contributed by atoms with Gasteiger partial charge in [0.2, 0.25) is 0 Å². The highest BCUT2D eigenvalue weighted by Crippen LogP contribution is 2.23. The van der Waals surface area contributed by atoms with Crippen molar-refractivity contribution in [2.45, 2.75) is 18.4 Å². The molecule has 1 aromatic rings. The topological polar surface area (TPSA) is 65.2 Å². The Balaban J connectivity index is 2.97. The average molecular weight is 226 g/mol. The Morgan fingerprint density at radius 3 is 3.00 bits per heavy atom. The zero-order chi connectivity index (χ0) is 11.3. The van der Waals surface area contributed by atoms with E-state index in [1.807, 2.05) is 0 Å². The Kier molecular flexibility index (Phi) is 4.42. The van der Waals surface area contributed by atoms with Crippen molar-refractivity contribution in [1.29, 1.82) is 0 Å². The van der Waals surface area contributed by atoms with Crippen molar-refractivity contribution in [2.75, 3.05) is 18.6 Å². The number of methoxy groups -OCH3 is 1. The van der Waals surface area contributed by atoms with Crippen LogP contribution in [0, 0.1) is 0 Å². The number of aromatic nitrogens is 1. The van der Waals surface area contributed by atoms with Gasteiger partial charge in [0.15, 0.2) is 0 Å². The minimum absolute atomic E-state index is 0.395. The van der Waals surface area contributed by atoms with Crippen molar-refractivity contribution < 1.29 is 9.53 Å². The second-order valence-corrected chi connectivity index (χ2v) is 4.05. The molecular formula is C10H14N2O2S. The van der Waals surface area contributed by atoms with E-state index in [1.165, 1.54) is 18.9 Å². The highest BCUT2D eigenvalue weighted by molar-refractivity contribution is 7.99. The molecule has 0 aliphatic carbocycles. The quantitative estimate of drug-likeness (QED) is 0.628. The van der Waals surface area contributed by atoms with Crippen molar-refractivity contribution >= 4 is 23.4 Å². The van der Waals surface area contributed by atoms with Gasteiger partial charge in [-0.1, -0.05) is 6.92 Å². The minimum atomic E-state index is -0.395. The van der Waals surface area contributed by atoms with Gasteiger partial charge in [0.25, 0.3) is 0 Å². The summed E-state index contributed by atoms with van der Waals surface area (Å²) in [6.07, 6.45) is 2.57. The molecule has 0 radical (unpaired) electrons. The zero-order valence-corrected chi connectivity index (χ0v) is 9.63. The Morgan fingerprint density at radius 2 is 2.40 bits per heavy atom. The van der Waals surface area contributed by atoms with Gasteiger partial charge in [-0.3, -0.25) is 0 Å². The van der Waals surface area contributed by atoms with Crippen LogP contribution in [0.1, 0.15) is 23.7 Å². The van der Waals surface area contributed by atoms with Crippen molar-refractivity contribution in [2.24, 2.45) is 0 Å². The molecule has 0 saturated heterocycles. The van der Waals surface area contributed by atoms with Crippen molar-refractivity contribution in [3.8, 4) is 0 Å². The van der Waals surface area contributed by atoms with E-state index in [4.69, 9.17) is 5.73 Å². The van der Waals surface area contributed by atoms with E-state index in [9.17, 15) is 4.79 Å². The molecule has 0 bridgehead atoms. The number of nitrogen functional groups attached to an aromatic ring is 1. The molecule has 0 aliphatic rings. The molecule has 5 heteroatoms. The van der Waals surface area contributed by atoms with Crippen molar-refractivity contribution in [1.82, 2.24) is 4.98 Å². The van der Waals surface area contributed by atoms with E-state index in [-0.39, 0.29) is 0 Å². The van der Waals surface area contributed by atoms with Gasteiger partial charge < -0.3 is 10.5 Å². The number of hydrogen-bond donors (Lipinski definition) is 1. The van der Waals surface area contributed by atoms with Gasteiger partial charge in [-0.15, -0.1) is 11.8 Å². The summed E-state index contributed by atoms with van der Waals surface area (Å²) >= 11 is 1.53. The number of anilines is 1. The number of nitrogens with two attached hydrogens (primary N) is 1. The number of thioether (sulfide) groups is 1. The van der Waals surface area contributed by atoms with Crippen LogP contribution in [0.4, 0.5) is 5.69 Å². The van der Waals surface area contributed by atoms with Gasteiger partial charge in [0.05, 0.1) is 24.6 Å². The number of hydrogen-bond acceptors (Lipinski definition) is 5. The standard InChI is InChI=1S/C10H14N2O2S/c1-3-4-15-9-8(10(13)14-2)5-7(11)6-12-9/h5-6H,3-4,11H2,1-2H3. The summed E-state index contributed by atoms with van der Waals surface area (Å²) in [5.41, 5.74) is 6.48. The summed E-state index contributed by atoms with van der Waals surface area (Å²) in [7, 11) is 1.35. The smallest absolute Gasteiger partial charge is 0.340 e. The molecule has 15 heavy (non-hydrogen) atoms. The SMILES string of the molecule is CCCSc1ncc(N)cc1C(=O)OC. The molecule has 0 saturated carbocycles. The van der Waals surface area contributed by atoms with E-state index >= 15 is 0 Å². The summed E-state index contributed by atoms with van der Waals surface area (Å²) in [5.74, 6) is 0.523. The Hall–Kier alpha value is -1.23. The largest absolute Gasteiger partial charge is 0.465 e. The van der Waals surface area contributed by atoms with Crippen LogP contribution < -0.4 is 5.73 Å². The summed E-state index contributed by atoms with van der Waals surface area (Å²) in [5, 5.41) is 0.679. The van der Waals surface area contributed by atoms with Crippen molar-refractivity contribution in [3.05, 3.63) is 17.8 Å². The fourth-order valence-corrected chi connectivity index (χ4v) is 1.86. The van der Waals surface area contributed by atoms with Crippen LogP contribution in [-0.4, -0.2) is 23.8 Å². The van der Waals surface area contributed by atoms with E-state index in [1.54, 1.807) is 12.3 Å². The average Bonchev–Trinajstić information content (AvgIpc) is 2.26. The maximum absolute atomic E-state index is 11.4. The summed E-state index contributed by atoms with van der Waals surface area (Å²) in [4.78, 5) is 15.5. The number of pyridine rings is 1. The van der Waals surface area contributed by atoms with Crippen LogP contribution >= 0.6 is 11.8 Å². The van der Waals surface area contributed by atoms with Gasteiger partial charge in [-0.2, -0.15) is 0 Å². The maximum atomic E-state index is 11.4. The van der Waals surface area contributed by atoms with E-state index in [0.717, 1.165) is 12.2 Å². The summed E-state index contributed by atoms with van der Waals surface area (Å²) in [6.45, 7) is 2.07. The molecule has 0 amide bonds. The lowest BCUT2D eigenvalue weighted by atomic mass is 10.3. The minimum Gasteiger partial charge on any atom is -0.465 e. The number of carbonyl (C=O) groups is 1. The summed E-state index contributed by atoms with van der Waals surface area (Å²) < 4.78 is 4.66. The van der Waals surface area contributed by atoms with Gasteiger partial charge in [0, 0.05) is 0 Å². The van der Waals surface area contributed by atoms with Crippen LogP contribution in [0.25, 0.3) is 0 Å². The molecule has 2 N–H and O–H groups in total. The fourth-order valence-electron chi connectivity index (χ4n) is 1.04. The number of carbonyl (C=O) groups excluding carboxylic acids is 1. The third-order valence-corrected chi connectivity index (χ3v) is 2.93. The lowest BCUT2D eigenvalue weighted by Crippen LogP contribution is -2.06. The molecular weight excluding hydrogens is 212 g/mol. The predicted octanol–water partition coefficient (Wildman–Crippen LogP) is 1.95. The Bertz CT molecular complexity index is 355. The number of ether oxygens (including phenoxy) is 1. The molecule has 0 aromatic carbocycles. The first-order valence-corrected chi connectivity index (χ1v) is 5.64. The van der Waals surface area contributed by atoms with E-state index in [2.05, 4.69) is 16.6 Å². The molecule has 0 spiro atoms. The Morgan fingerprint density at radius 1 is 1.67 bits per heavy atom. The van der Waals surface area contributed by atoms with Crippen LogP contribution in [-0.2, 0) is 4.74 Å². The van der Waals surface area contributed by atoms with Gasteiger partial charge in [-0.25, -0.2) is 9.78 Å². The van der Waals surface area contributed by atoms with Crippen molar-refractivity contribution in [3.63, 3.8) is 0 Å². The second-order valence-electron chi connectivity index (χ2n) is 2.96. The zero-order valence-electron chi connectivity index (χ0n) is 8.82. The van der Waals surface area contributed by atoms with Gasteiger partial charge >= 0.3 is 5.97 Å². The highest BCUT2D eigenvalue weighted by atomic mass is 32.2. The Labute approximate surface area is 93.2 Å². The third kappa shape index (κ3) is 3.13. The molecule has 1 rings (SSSR count). The molecule has 0 aliphatic heterocycles. The van der Waals surface area contributed by atoms with Crippen LogP contribution in [0.15, 0.2) is 17.3 Å². The third-order valence-electron chi connectivity index (χ3n) is 1.72. The monoisotopic (exact) mass is 226 g/mol. The second kappa shape index (κ2) is 5.60. The van der Waals surface area contributed by atoms with Crippen LogP contribution in [0.2, 0.25) is 0 Å². The van der Waals surface area contributed by atoms with E-state index < -0.39 is 5.97 Å². The molecule has 1 aromatic heterocycles. The van der Waals surface area contributed by atoms with E-state index in [0.29, 0.717) is 16.3 Å². The molecule has 0 unspecified atom stereocenters. The van der Waals surface area contributed by atoms with Gasteiger partial charge in [-0.05, 0) is 18.2 Å². The lowest BCUT2D eigenvalue weighted by molar-refractivity contribution is 0.0596. The first-order chi connectivity index (χ1) is 7.19. The lowest BCUT2D eigenvalue weighted by Gasteiger charge is -2.06. The number of esters is 1. The molecule has 0 fully saturated rings. The number of rotatable bonds is 4. The van der Waals surface area contributed by atoms with Gasteiger partial charge in [0.1, 0.15) is 5.03 Å². The fraction of sp³-hybridized carbons (Fsp3) is 0.400. The summed E-state index contributed by atoms with van der Waals surface area (Å²) in [6, 6.07) is 1.59. The first-order valence-electron chi connectivity index (χ1n) is 4.65.